The van der Waals surface area contributed by atoms with Crippen LogP contribution in [0.5, 0.6) is 0 Å². The molecule has 0 unspecified atom stereocenters. The molecule has 1 heterocycles. The smallest absolute Gasteiger partial charge is 0.417 e. The second-order valence-electron chi connectivity index (χ2n) is 8.60. The normalized spacial score (nSPS) is 18.2. The van der Waals surface area contributed by atoms with Gasteiger partial charge >= 0.3 is 13.0 Å². The fourth-order valence-corrected chi connectivity index (χ4v) is 4.07. The van der Waals surface area contributed by atoms with Crippen LogP contribution in [0.4, 0.5) is 4.79 Å². The highest BCUT2D eigenvalue weighted by Crippen LogP contribution is 2.35. The summed E-state index contributed by atoms with van der Waals surface area (Å²) in [5, 5.41) is 0. The zero-order valence-corrected chi connectivity index (χ0v) is 20.1. The molecule has 0 spiro atoms. The second kappa shape index (κ2) is 13.0. The molecule has 5 nitrogen and oxygen atoms in total. The number of unbranched alkanes of at least 4 members (excludes halogenated alkanes) is 2. The zero-order valence-electron chi connectivity index (χ0n) is 20.1. The topological polar surface area (TPSA) is 48.0 Å². The summed E-state index contributed by atoms with van der Waals surface area (Å²) in [4.78, 5) is 14.6. The quantitative estimate of drug-likeness (QED) is 0.240. The molecule has 0 saturated carbocycles. The van der Waals surface area contributed by atoms with Gasteiger partial charge in [-0.25, -0.2) is 9.69 Å². The van der Waals surface area contributed by atoms with Crippen molar-refractivity contribution >= 4 is 13.0 Å². The fraction of sp³-hybridized carbons (Fsp3) is 0.444. The van der Waals surface area contributed by atoms with E-state index in [0.29, 0.717) is 12.5 Å². The van der Waals surface area contributed by atoms with Crippen molar-refractivity contribution < 1.29 is 18.9 Å². The lowest BCUT2D eigenvalue weighted by Gasteiger charge is -2.26. The Morgan fingerprint density at radius 2 is 1.61 bits per heavy atom. The van der Waals surface area contributed by atoms with Crippen molar-refractivity contribution in [3.63, 3.8) is 0 Å². The largest absolute Gasteiger partial charge is 0.547 e. The molecule has 1 fully saturated rings. The second-order valence-corrected chi connectivity index (χ2v) is 8.60. The lowest BCUT2D eigenvalue weighted by atomic mass is 9.59. The van der Waals surface area contributed by atoms with Gasteiger partial charge in [0.2, 0.25) is 5.88 Å². The molecule has 2 atom stereocenters. The van der Waals surface area contributed by atoms with Gasteiger partial charge in [-0.15, -0.1) is 0 Å². The van der Waals surface area contributed by atoms with E-state index in [1.165, 1.54) is 0 Å². The Morgan fingerprint density at radius 3 is 2.21 bits per heavy atom. The van der Waals surface area contributed by atoms with Crippen molar-refractivity contribution in [1.29, 1.82) is 0 Å². The summed E-state index contributed by atoms with van der Waals surface area (Å²) >= 11 is 0. The molecule has 6 heteroatoms. The van der Waals surface area contributed by atoms with E-state index in [0.717, 1.165) is 49.5 Å². The maximum atomic E-state index is 13.0. The fourth-order valence-electron chi connectivity index (χ4n) is 4.07. The van der Waals surface area contributed by atoms with Gasteiger partial charge in [-0.3, -0.25) is 0 Å². The van der Waals surface area contributed by atoms with Gasteiger partial charge in [-0.05, 0) is 30.7 Å². The third-order valence-electron chi connectivity index (χ3n) is 5.96. The van der Waals surface area contributed by atoms with Crippen LogP contribution in [0.15, 0.2) is 72.8 Å². The van der Waals surface area contributed by atoms with E-state index < -0.39 is 6.09 Å². The van der Waals surface area contributed by atoms with Crippen molar-refractivity contribution in [1.82, 2.24) is 4.90 Å². The highest BCUT2D eigenvalue weighted by Gasteiger charge is 2.43. The van der Waals surface area contributed by atoms with E-state index >= 15 is 0 Å². The summed E-state index contributed by atoms with van der Waals surface area (Å²) in [7, 11) is 0. The Bertz CT molecular complexity index is 866. The number of ether oxygens (including phenoxy) is 2. The van der Waals surface area contributed by atoms with Crippen molar-refractivity contribution in [2.45, 2.75) is 77.8 Å². The van der Waals surface area contributed by atoms with Crippen LogP contribution in [0.25, 0.3) is 0 Å². The molecule has 33 heavy (non-hydrogen) atoms. The molecule has 1 aliphatic rings. The van der Waals surface area contributed by atoms with Crippen LogP contribution < -0.4 is 0 Å². The molecule has 2 aromatic carbocycles. The Labute approximate surface area is 198 Å². The first-order chi connectivity index (χ1) is 16.1. The highest BCUT2D eigenvalue weighted by atomic mass is 16.6. The number of nitrogens with zero attached hydrogens (tertiary/aromatic N) is 1. The molecule has 3 rings (SSSR count). The van der Waals surface area contributed by atoms with Gasteiger partial charge < -0.3 is 14.1 Å². The lowest BCUT2D eigenvalue weighted by molar-refractivity contribution is 0.127. The number of hydrogen-bond acceptors (Lipinski definition) is 4. The Morgan fingerprint density at radius 1 is 1.00 bits per heavy atom. The number of rotatable bonds is 13. The first-order valence-corrected chi connectivity index (χ1v) is 12.2. The molecular formula is C27H36BNO4. The number of hydrogen-bond donors (Lipinski definition) is 0. The predicted molar refractivity (Wildman–Crippen MR) is 133 cm³/mol. The van der Waals surface area contributed by atoms with Crippen LogP contribution >= 0.6 is 0 Å². The summed E-state index contributed by atoms with van der Waals surface area (Å²) in [5.74, 6) is 0.430. The van der Waals surface area contributed by atoms with E-state index in [-0.39, 0.29) is 19.1 Å². The van der Waals surface area contributed by atoms with Gasteiger partial charge in [0.15, 0.2) is 0 Å². The highest BCUT2D eigenvalue weighted by molar-refractivity contribution is 6.52. The molecular weight excluding hydrogens is 413 g/mol. The minimum Gasteiger partial charge on any atom is -0.547 e. The van der Waals surface area contributed by atoms with Gasteiger partial charge in [0.05, 0.1) is 6.04 Å². The summed E-state index contributed by atoms with van der Waals surface area (Å²) in [6, 6.07) is 19.6. The molecule has 0 radical (unpaired) electrons. The van der Waals surface area contributed by atoms with Crippen LogP contribution in [0.2, 0.25) is 12.6 Å². The third kappa shape index (κ3) is 7.05. The van der Waals surface area contributed by atoms with Crippen molar-refractivity contribution in [2.75, 3.05) is 0 Å². The van der Waals surface area contributed by atoms with Crippen molar-refractivity contribution in [2.24, 2.45) is 0 Å². The van der Waals surface area contributed by atoms with Gasteiger partial charge in [-0.1, -0.05) is 100 Å². The number of amides is 1. The summed E-state index contributed by atoms with van der Waals surface area (Å²) in [5.41, 5.74) is 2.03. The average Bonchev–Trinajstić information content (AvgIpc) is 3.14. The predicted octanol–water partition coefficient (Wildman–Crippen LogP) is 7.19. The van der Waals surface area contributed by atoms with Crippen LogP contribution in [-0.2, 0) is 20.7 Å². The van der Waals surface area contributed by atoms with Gasteiger partial charge in [-0.2, -0.15) is 0 Å². The summed E-state index contributed by atoms with van der Waals surface area (Å²) in [6.45, 7) is 6.79. The van der Waals surface area contributed by atoms with Crippen LogP contribution in [0, 0.1) is 0 Å². The SMILES string of the molecule is CCCCB(CCCC)O/C(=C\OCc1ccccc1)N1C(=O)O[C@@H](c2ccccc2)[C@H]1C. The average molecular weight is 449 g/mol. The monoisotopic (exact) mass is 449 g/mol. The standard InChI is InChI=1S/C27H36BNO4/c1-4-6-18-28(19-7-5-2)33-25(21-31-20-23-14-10-8-11-15-23)29-22(3)26(32-27(29)30)24-16-12-9-13-17-24/h8-17,21-22,26H,4-7,18-20H2,1-3H3/b25-21-/t22-,26-/m1/s1. The molecule has 1 aliphatic heterocycles. The first kappa shape index (κ1) is 24.8. The van der Waals surface area contributed by atoms with Crippen molar-refractivity contribution in [3.05, 3.63) is 83.9 Å². The van der Waals surface area contributed by atoms with Gasteiger partial charge in [0.1, 0.15) is 19.0 Å². The molecule has 0 aromatic heterocycles. The number of carbonyl (C=O) groups is 1. The lowest BCUT2D eigenvalue weighted by Crippen LogP contribution is -2.35. The minimum absolute atomic E-state index is 0.0345. The van der Waals surface area contributed by atoms with Gasteiger partial charge in [0.25, 0.3) is 0 Å². The molecule has 1 saturated heterocycles. The van der Waals surface area contributed by atoms with Gasteiger partial charge in [0, 0.05) is 0 Å². The van der Waals surface area contributed by atoms with Crippen molar-refractivity contribution in [3.8, 4) is 0 Å². The first-order valence-electron chi connectivity index (χ1n) is 12.2. The molecule has 2 aromatic rings. The molecule has 0 bridgehead atoms. The maximum Gasteiger partial charge on any atom is 0.417 e. The summed E-state index contributed by atoms with van der Waals surface area (Å²) < 4.78 is 18.1. The molecule has 176 valence electrons. The molecule has 0 N–H and O–H groups in total. The Kier molecular flexibility index (Phi) is 9.73. The maximum absolute atomic E-state index is 13.0. The minimum atomic E-state index is -0.407. The van der Waals surface area contributed by atoms with E-state index in [4.69, 9.17) is 14.1 Å². The molecule has 0 aliphatic carbocycles. The number of carbonyl (C=O) groups excluding carboxylic acids is 1. The third-order valence-corrected chi connectivity index (χ3v) is 5.96. The Hall–Kier alpha value is -2.89. The summed E-state index contributed by atoms with van der Waals surface area (Å²) in [6.07, 6.45) is 7.10. The van der Waals surface area contributed by atoms with E-state index in [1.807, 2.05) is 67.6 Å². The molecule has 1 amide bonds. The van der Waals surface area contributed by atoms with Crippen LogP contribution in [-0.4, -0.2) is 24.0 Å². The number of benzene rings is 2. The zero-order chi connectivity index (χ0) is 23.5. The van der Waals surface area contributed by atoms with E-state index in [9.17, 15) is 4.79 Å². The van der Waals surface area contributed by atoms with E-state index in [1.54, 1.807) is 11.2 Å². The van der Waals surface area contributed by atoms with Crippen LogP contribution in [0.3, 0.4) is 0 Å². The van der Waals surface area contributed by atoms with Crippen LogP contribution in [0.1, 0.15) is 63.7 Å². The Balaban J connectivity index is 1.81. The van der Waals surface area contributed by atoms with E-state index in [2.05, 4.69) is 13.8 Å². The number of cyclic esters (lactones) is 1.